The van der Waals surface area contributed by atoms with Gasteiger partial charge in [0.25, 0.3) is 0 Å². The van der Waals surface area contributed by atoms with Gasteiger partial charge in [0, 0.05) is 18.4 Å². The third kappa shape index (κ3) is 3.94. The first kappa shape index (κ1) is 14.3. The van der Waals surface area contributed by atoms with E-state index in [1.165, 1.54) is 12.1 Å². The van der Waals surface area contributed by atoms with Gasteiger partial charge >= 0.3 is 6.18 Å². The van der Waals surface area contributed by atoms with Crippen LogP contribution in [0.4, 0.5) is 13.2 Å². The van der Waals surface area contributed by atoms with Crippen LogP contribution in [0, 0.1) is 5.41 Å². The molecule has 1 aromatic carbocycles. The lowest BCUT2D eigenvalue weighted by Gasteiger charge is -2.35. The minimum atomic E-state index is -4.28. The van der Waals surface area contributed by atoms with E-state index in [9.17, 15) is 13.2 Å². The zero-order valence-corrected chi connectivity index (χ0v) is 11.1. The van der Waals surface area contributed by atoms with E-state index in [1.807, 2.05) is 0 Å². The van der Waals surface area contributed by atoms with Gasteiger partial charge < -0.3 is 4.74 Å². The van der Waals surface area contributed by atoms with Crippen molar-refractivity contribution >= 4 is 0 Å². The molecule has 1 aliphatic heterocycles. The van der Waals surface area contributed by atoms with E-state index in [-0.39, 0.29) is 11.6 Å². The Hall–Kier alpha value is -1.07. The van der Waals surface area contributed by atoms with Gasteiger partial charge in [-0.1, -0.05) is 26.0 Å². The Morgan fingerprint density at radius 1 is 1.26 bits per heavy atom. The number of halogens is 3. The molecule has 0 aromatic heterocycles. The normalized spacial score (nSPS) is 23.3. The Labute approximate surface area is 111 Å². The van der Waals surface area contributed by atoms with Crippen molar-refractivity contribution in [2.24, 2.45) is 5.41 Å². The van der Waals surface area contributed by atoms with Gasteiger partial charge in [-0.05, 0) is 17.7 Å². The van der Waals surface area contributed by atoms with Gasteiger partial charge in [-0.25, -0.2) is 0 Å². The summed E-state index contributed by atoms with van der Waals surface area (Å²) in [4.78, 5) is 0. The van der Waals surface area contributed by atoms with Crippen LogP contribution < -0.4 is 5.32 Å². The van der Waals surface area contributed by atoms with E-state index in [0.717, 1.165) is 24.2 Å². The van der Waals surface area contributed by atoms with Crippen LogP contribution >= 0.6 is 0 Å². The van der Waals surface area contributed by atoms with Gasteiger partial charge in [-0.3, -0.25) is 5.32 Å². The molecule has 0 aliphatic carbocycles. The standard InChI is InChI=1S/C14H18F3NO/c1-13(2)8-18-12(19-9-13)7-10-3-5-11(6-4-10)14(15,16)17/h3-6,12,18H,7-9H2,1-2H3. The van der Waals surface area contributed by atoms with Gasteiger partial charge in [0.2, 0.25) is 0 Å². The van der Waals surface area contributed by atoms with Gasteiger partial charge in [-0.2, -0.15) is 13.2 Å². The molecule has 1 atom stereocenters. The zero-order chi connectivity index (χ0) is 14.1. The summed E-state index contributed by atoms with van der Waals surface area (Å²) in [5, 5.41) is 3.26. The van der Waals surface area contributed by atoms with E-state index in [4.69, 9.17) is 4.74 Å². The largest absolute Gasteiger partial charge is 0.416 e. The molecular formula is C14H18F3NO. The third-order valence-electron chi connectivity index (χ3n) is 3.19. The Morgan fingerprint density at radius 2 is 1.89 bits per heavy atom. The second-order valence-corrected chi connectivity index (χ2v) is 5.74. The first-order valence-electron chi connectivity index (χ1n) is 6.27. The molecule has 1 saturated heterocycles. The van der Waals surface area contributed by atoms with Crippen molar-refractivity contribution < 1.29 is 17.9 Å². The maximum absolute atomic E-state index is 12.4. The number of hydrogen-bond donors (Lipinski definition) is 1. The van der Waals surface area contributed by atoms with Crippen LogP contribution in [-0.4, -0.2) is 19.4 Å². The highest BCUT2D eigenvalue weighted by Crippen LogP contribution is 2.29. The van der Waals surface area contributed by atoms with E-state index >= 15 is 0 Å². The van der Waals surface area contributed by atoms with Crippen molar-refractivity contribution in [3.63, 3.8) is 0 Å². The molecule has 0 saturated carbocycles. The van der Waals surface area contributed by atoms with Gasteiger partial charge in [0.15, 0.2) is 0 Å². The third-order valence-corrected chi connectivity index (χ3v) is 3.19. The molecule has 1 aromatic rings. The van der Waals surface area contributed by atoms with E-state index < -0.39 is 11.7 Å². The molecule has 106 valence electrons. The predicted molar refractivity (Wildman–Crippen MR) is 66.7 cm³/mol. The predicted octanol–water partition coefficient (Wildman–Crippen LogP) is 3.22. The number of alkyl halides is 3. The van der Waals surface area contributed by atoms with Crippen molar-refractivity contribution in [1.29, 1.82) is 0 Å². The maximum atomic E-state index is 12.4. The molecule has 1 heterocycles. The Morgan fingerprint density at radius 3 is 2.37 bits per heavy atom. The minimum Gasteiger partial charge on any atom is -0.362 e. The fourth-order valence-corrected chi connectivity index (χ4v) is 2.00. The summed E-state index contributed by atoms with van der Waals surface area (Å²) in [6, 6.07) is 5.24. The Bertz CT molecular complexity index is 415. The summed E-state index contributed by atoms with van der Waals surface area (Å²) >= 11 is 0. The van der Waals surface area contributed by atoms with E-state index in [0.29, 0.717) is 13.0 Å². The zero-order valence-electron chi connectivity index (χ0n) is 11.1. The number of nitrogens with one attached hydrogen (secondary N) is 1. The van der Waals surface area contributed by atoms with Crippen LogP contribution in [-0.2, 0) is 17.3 Å². The van der Waals surface area contributed by atoms with Crippen molar-refractivity contribution in [2.45, 2.75) is 32.7 Å². The Balaban J connectivity index is 1.94. The van der Waals surface area contributed by atoms with Crippen LogP contribution in [0.3, 0.4) is 0 Å². The molecule has 0 bridgehead atoms. The highest BCUT2D eigenvalue weighted by Gasteiger charge is 2.30. The topological polar surface area (TPSA) is 21.3 Å². The molecule has 2 nitrogen and oxygen atoms in total. The van der Waals surface area contributed by atoms with Crippen molar-refractivity contribution in [3.05, 3.63) is 35.4 Å². The summed E-state index contributed by atoms with van der Waals surface area (Å²) in [5.41, 5.74) is 0.330. The molecule has 0 spiro atoms. The van der Waals surface area contributed by atoms with Crippen molar-refractivity contribution in [2.75, 3.05) is 13.2 Å². The van der Waals surface area contributed by atoms with Crippen molar-refractivity contribution in [3.8, 4) is 0 Å². The van der Waals surface area contributed by atoms with Crippen LogP contribution in [0.25, 0.3) is 0 Å². The first-order chi connectivity index (χ1) is 8.76. The number of rotatable bonds is 2. The van der Waals surface area contributed by atoms with E-state index in [2.05, 4.69) is 19.2 Å². The van der Waals surface area contributed by atoms with Gasteiger partial charge in [-0.15, -0.1) is 0 Å². The van der Waals surface area contributed by atoms with Gasteiger partial charge in [0.05, 0.1) is 12.2 Å². The molecule has 1 fully saturated rings. The first-order valence-corrected chi connectivity index (χ1v) is 6.27. The van der Waals surface area contributed by atoms with Crippen LogP contribution in [0.15, 0.2) is 24.3 Å². The van der Waals surface area contributed by atoms with E-state index in [1.54, 1.807) is 0 Å². The van der Waals surface area contributed by atoms with Gasteiger partial charge in [0.1, 0.15) is 6.23 Å². The molecule has 1 unspecified atom stereocenters. The molecule has 1 aliphatic rings. The fourth-order valence-electron chi connectivity index (χ4n) is 2.00. The fraction of sp³-hybridized carbons (Fsp3) is 0.571. The lowest BCUT2D eigenvalue weighted by Crippen LogP contribution is -2.48. The lowest BCUT2D eigenvalue weighted by atomic mass is 9.93. The van der Waals surface area contributed by atoms with Crippen LogP contribution in [0.2, 0.25) is 0 Å². The number of hydrogen-bond acceptors (Lipinski definition) is 2. The second-order valence-electron chi connectivity index (χ2n) is 5.74. The van der Waals surface area contributed by atoms with Crippen LogP contribution in [0.5, 0.6) is 0 Å². The van der Waals surface area contributed by atoms with Crippen LogP contribution in [0.1, 0.15) is 25.0 Å². The minimum absolute atomic E-state index is 0.108. The average molecular weight is 273 g/mol. The molecule has 19 heavy (non-hydrogen) atoms. The summed E-state index contributed by atoms with van der Waals surface area (Å²) in [6.07, 6.45) is -3.82. The van der Waals surface area contributed by atoms with Crippen molar-refractivity contribution in [1.82, 2.24) is 5.32 Å². The summed E-state index contributed by atoms with van der Waals surface area (Å²) in [7, 11) is 0. The summed E-state index contributed by atoms with van der Waals surface area (Å²) in [6.45, 7) is 5.71. The second kappa shape index (κ2) is 5.13. The molecular weight excluding hydrogens is 255 g/mol. The molecule has 1 N–H and O–H groups in total. The highest BCUT2D eigenvalue weighted by molar-refractivity contribution is 5.25. The quantitative estimate of drug-likeness (QED) is 0.893. The maximum Gasteiger partial charge on any atom is 0.416 e. The molecule has 2 rings (SSSR count). The highest BCUT2D eigenvalue weighted by atomic mass is 19.4. The SMILES string of the molecule is CC1(C)CNC(Cc2ccc(C(F)(F)F)cc2)OC1. The lowest BCUT2D eigenvalue weighted by molar-refractivity contribution is -0.137. The number of ether oxygens (including phenoxy) is 1. The summed E-state index contributed by atoms with van der Waals surface area (Å²) in [5.74, 6) is 0. The Kier molecular flexibility index (Phi) is 3.87. The summed E-state index contributed by atoms with van der Waals surface area (Å²) < 4.78 is 42.9. The average Bonchev–Trinajstić information content (AvgIpc) is 2.31. The monoisotopic (exact) mass is 273 g/mol. The molecule has 5 heteroatoms. The molecule has 0 amide bonds. The number of benzene rings is 1. The smallest absolute Gasteiger partial charge is 0.362 e. The molecule has 0 radical (unpaired) electrons.